The Bertz CT molecular complexity index is 924. The van der Waals surface area contributed by atoms with E-state index in [1.807, 2.05) is 25.1 Å². The van der Waals surface area contributed by atoms with Crippen molar-refractivity contribution < 1.29 is 9.18 Å². The summed E-state index contributed by atoms with van der Waals surface area (Å²) in [5, 5.41) is 6.03. The van der Waals surface area contributed by atoms with Gasteiger partial charge >= 0.3 is 0 Å². The van der Waals surface area contributed by atoms with E-state index in [4.69, 9.17) is 0 Å². The van der Waals surface area contributed by atoms with Crippen LogP contribution in [0.5, 0.6) is 0 Å². The Kier molecular flexibility index (Phi) is 5.76. The standard InChI is InChI=1S/C21H21FN4O/c1-3-18-12-20(25-14(2)24-18)23-13-15-4-6-16(7-5-15)21(27)26-19-10-8-17(22)9-11-19/h4-12H,3,13H2,1-2H3,(H,26,27)(H,23,24,25). The molecule has 0 atom stereocenters. The number of rotatable bonds is 6. The van der Waals surface area contributed by atoms with Crippen LogP contribution in [0.4, 0.5) is 15.9 Å². The number of nitrogens with zero attached hydrogens (tertiary/aromatic N) is 2. The first kappa shape index (κ1) is 18.5. The van der Waals surface area contributed by atoms with E-state index in [-0.39, 0.29) is 11.7 Å². The Balaban J connectivity index is 1.60. The molecule has 5 nitrogen and oxygen atoms in total. The predicted molar refractivity (Wildman–Crippen MR) is 104 cm³/mol. The van der Waals surface area contributed by atoms with Crippen molar-refractivity contribution in [2.24, 2.45) is 0 Å². The fourth-order valence-electron chi connectivity index (χ4n) is 2.60. The monoisotopic (exact) mass is 364 g/mol. The van der Waals surface area contributed by atoms with Gasteiger partial charge in [-0.1, -0.05) is 19.1 Å². The third-order valence-electron chi connectivity index (χ3n) is 4.05. The highest BCUT2D eigenvalue weighted by Gasteiger charge is 2.07. The molecule has 3 aromatic rings. The Morgan fingerprint density at radius 3 is 2.41 bits per heavy atom. The molecule has 0 aliphatic rings. The highest BCUT2D eigenvalue weighted by molar-refractivity contribution is 6.04. The predicted octanol–water partition coefficient (Wildman–Crippen LogP) is 4.35. The number of carbonyl (C=O) groups is 1. The summed E-state index contributed by atoms with van der Waals surface area (Å²) in [7, 11) is 0. The maximum absolute atomic E-state index is 12.9. The molecule has 0 fully saturated rings. The van der Waals surface area contributed by atoms with Crippen molar-refractivity contribution in [1.82, 2.24) is 9.97 Å². The van der Waals surface area contributed by atoms with Gasteiger partial charge in [0, 0.05) is 29.6 Å². The number of hydrogen-bond acceptors (Lipinski definition) is 4. The molecule has 0 bridgehead atoms. The highest BCUT2D eigenvalue weighted by atomic mass is 19.1. The summed E-state index contributed by atoms with van der Waals surface area (Å²) in [6, 6.07) is 14.9. The van der Waals surface area contributed by atoms with Crippen molar-refractivity contribution in [2.45, 2.75) is 26.8 Å². The number of halogens is 1. The molecule has 1 heterocycles. The van der Waals surface area contributed by atoms with Crippen LogP contribution in [0.2, 0.25) is 0 Å². The third-order valence-corrected chi connectivity index (χ3v) is 4.05. The van der Waals surface area contributed by atoms with Gasteiger partial charge in [0.25, 0.3) is 5.91 Å². The first-order chi connectivity index (χ1) is 13.0. The smallest absolute Gasteiger partial charge is 0.255 e. The summed E-state index contributed by atoms with van der Waals surface area (Å²) in [6.45, 7) is 4.53. The van der Waals surface area contributed by atoms with E-state index < -0.39 is 0 Å². The van der Waals surface area contributed by atoms with Crippen molar-refractivity contribution in [1.29, 1.82) is 0 Å². The first-order valence-electron chi connectivity index (χ1n) is 8.78. The fourth-order valence-corrected chi connectivity index (χ4v) is 2.60. The Morgan fingerprint density at radius 2 is 1.74 bits per heavy atom. The number of anilines is 2. The largest absolute Gasteiger partial charge is 0.366 e. The summed E-state index contributed by atoms with van der Waals surface area (Å²) >= 11 is 0. The number of carbonyl (C=O) groups excluding carboxylic acids is 1. The van der Waals surface area contributed by atoms with Gasteiger partial charge in [-0.3, -0.25) is 4.79 Å². The zero-order chi connectivity index (χ0) is 19.2. The van der Waals surface area contributed by atoms with E-state index in [9.17, 15) is 9.18 Å². The van der Waals surface area contributed by atoms with Crippen molar-refractivity contribution in [3.8, 4) is 0 Å². The van der Waals surface area contributed by atoms with Gasteiger partial charge < -0.3 is 10.6 Å². The number of amides is 1. The zero-order valence-corrected chi connectivity index (χ0v) is 15.3. The van der Waals surface area contributed by atoms with E-state index >= 15 is 0 Å². The lowest BCUT2D eigenvalue weighted by molar-refractivity contribution is 0.102. The quantitative estimate of drug-likeness (QED) is 0.682. The Labute approximate surface area is 157 Å². The average molecular weight is 364 g/mol. The minimum atomic E-state index is -0.338. The molecule has 1 amide bonds. The van der Waals surface area contributed by atoms with E-state index in [1.165, 1.54) is 24.3 Å². The minimum absolute atomic E-state index is 0.236. The van der Waals surface area contributed by atoms with Crippen LogP contribution >= 0.6 is 0 Å². The molecule has 1 aromatic heterocycles. The van der Waals surface area contributed by atoms with Gasteiger partial charge in [0.2, 0.25) is 0 Å². The minimum Gasteiger partial charge on any atom is -0.366 e. The van der Waals surface area contributed by atoms with Crippen LogP contribution in [0, 0.1) is 12.7 Å². The SMILES string of the molecule is CCc1cc(NCc2ccc(C(=O)Nc3ccc(F)cc3)cc2)nc(C)n1. The lowest BCUT2D eigenvalue weighted by Crippen LogP contribution is -2.12. The molecule has 0 aliphatic carbocycles. The van der Waals surface area contributed by atoms with E-state index in [0.717, 1.165) is 29.3 Å². The van der Waals surface area contributed by atoms with Gasteiger partial charge in [-0.15, -0.1) is 0 Å². The molecule has 0 saturated heterocycles. The van der Waals surface area contributed by atoms with Gasteiger partial charge in [-0.05, 0) is 55.3 Å². The topological polar surface area (TPSA) is 66.9 Å². The van der Waals surface area contributed by atoms with Gasteiger partial charge in [0.1, 0.15) is 17.5 Å². The number of nitrogens with one attached hydrogen (secondary N) is 2. The molecule has 0 radical (unpaired) electrons. The zero-order valence-electron chi connectivity index (χ0n) is 15.3. The van der Waals surface area contributed by atoms with Gasteiger partial charge in [-0.25, -0.2) is 14.4 Å². The van der Waals surface area contributed by atoms with E-state index in [0.29, 0.717) is 17.8 Å². The normalized spacial score (nSPS) is 10.5. The van der Waals surface area contributed by atoms with Crippen LogP contribution in [0.15, 0.2) is 54.6 Å². The summed E-state index contributed by atoms with van der Waals surface area (Å²) in [5.74, 6) is 0.956. The third kappa shape index (κ3) is 5.10. The number of aryl methyl sites for hydroxylation is 2. The summed E-state index contributed by atoms with van der Waals surface area (Å²) < 4.78 is 12.9. The molecular weight excluding hydrogens is 343 g/mol. The van der Waals surface area contributed by atoms with Crippen molar-refractivity contribution in [2.75, 3.05) is 10.6 Å². The first-order valence-corrected chi connectivity index (χ1v) is 8.78. The van der Waals surface area contributed by atoms with Gasteiger partial charge in [0.05, 0.1) is 0 Å². The van der Waals surface area contributed by atoms with Crippen molar-refractivity contribution in [3.63, 3.8) is 0 Å². The summed E-state index contributed by atoms with van der Waals surface area (Å²) in [4.78, 5) is 21.0. The summed E-state index contributed by atoms with van der Waals surface area (Å²) in [6.07, 6.45) is 0.857. The molecule has 6 heteroatoms. The molecule has 0 spiro atoms. The molecule has 3 rings (SSSR count). The highest BCUT2D eigenvalue weighted by Crippen LogP contribution is 2.13. The van der Waals surface area contributed by atoms with Crippen LogP contribution in [0.25, 0.3) is 0 Å². The number of aromatic nitrogens is 2. The molecule has 0 saturated carbocycles. The molecular formula is C21H21FN4O. The van der Waals surface area contributed by atoms with Crippen LogP contribution in [-0.2, 0) is 13.0 Å². The van der Waals surface area contributed by atoms with Crippen LogP contribution in [0.3, 0.4) is 0 Å². The Morgan fingerprint density at radius 1 is 1.04 bits per heavy atom. The second-order valence-corrected chi connectivity index (χ2v) is 6.16. The van der Waals surface area contributed by atoms with Crippen LogP contribution in [0.1, 0.15) is 34.4 Å². The molecule has 2 N–H and O–H groups in total. The van der Waals surface area contributed by atoms with E-state index in [2.05, 4.69) is 27.5 Å². The second-order valence-electron chi connectivity index (χ2n) is 6.16. The van der Waals surface area contributed by atoms with Crippen molar-refractivity contribution in [3.05, 3.63) is 83.1 Å². The average Bonchev–Trinajstić information content (AvgIpc) is 2.68. The molecule has 2 aromatic carbocycles. The maximum Gasteiger partial charge on any atom is 0.255 e. The van der Waals surface area contributed by atoms with Crippen LogP contribution < -0.4 is 10.6 Å². The number of benzene rings is 2. The molecule has 27 heavy (non-hydrogen) atoms. The lowest BCUT2D eigenvalue weighted by Gasteiger charge is -2.09. The number of hydrogen-bond donors (Lipinski definition) is 2. The molecule has 138 valence electrons. The molecule has 0 aliphatic heterocycles. The maximum atomic E-state index is 12.9. The second kappa shape index (κ2) is 8.40. The summed E-state index contributed by atoms with van der Waals surface area (Å²) in [5.41, 5.74) is 3.12. The Hall–Kier alpha value is -3.28. The molecule has 0 unspecified atom stereocenters. The van der Waals surface area contributed by atoms with Gasteiger partial charge in [0.15, 0.2) is 0 Å². The van der Waals surface area contributed by atoms with Crippen LogP contribution in [-0.4, -0.2) is 15.9 Å². The van der Waals surface area contributed by atoms with Crippen molar-refractivity contribution >= 4 is 17.4 Å². The fraction of sp³-hybridized carbons (Fsp3) is 0.190. The van der Waals surface area contributed by atoms with E-state index in [1.54, 1.807) is 12.1 Å². The van der Waals surface area contributed by atoms with Gasteiger partial charge in [-0.2, -0.15) is 0 Å². The lowest BCUT2D eigenvalue weighted by atomic mass is 10.1.